The van der Waals surface area contributed by atoms with Crippen LogP contribution in [0.25, 0.3) is 0 Å². The van der Waals surface area contributed by atoms with E-state index < -0.39 is 5.82 Å². The Labute approximate surface area is 121 Å². The van der Waals surface area contributed by atoms with E-state index in [2.05, 4.69) is 17.3 Å². The number of benzene rings is 2. The molecular formula is C15H15FN2OS. The molecule has 104 valence electrons. The van der Waals surface area contributed by atoms with Gasteiger partial charge in [0, 0.05) is 17.1 Å². The first-order chi connectivity index (χ1) is 9.70. The predicted octanol–water partition coefficient (Wildman–Crippen LogP) is 3.35. The highest BCUT2D eigenvalue weighted by Gasteiger charge is 2.08. The molecule has 3 nitrogen and oxygen atoms in total. The van der Waals surface area contributed by atoms with E-state index in [4.69, 9.17) is 10.9 Å². The van der Waals surface area contributed by atoms with Crippen molar-refractivity contribution in [2.24, 2.45) is 10.9 Å². The number of halogens is 1. The Kier molecular flexibility index (Phi) is 5.01. The van der Waals surface area contributed by atoms with Gasteiger partial charge < -0.3 is 10.9 Å². The van der Waals surface area contributed by atoms with Crippen LogP contribution in [0.2, 0.25) is 0 Å². The van der Waals surface area contributed by atoms with Gasteiger partial charge in [-0.2, -0.15) is 11.8 Å². The predicted molar refractivity (Wildman–Crippen MR) is 80.4 cm³/mol. The fourth-order valence-electron chi connectivity index (χ4n) is 1.82. The fourth-order valence-corrected chi connectivity index (χ4v) is 2.82. The van der Waals surface area contributed by atoms with Gasteiger partial charge in [0.2, 0.25) is 0 Å². The highest BCUT2D eigenvalue weighted by atomic mass is 32.2. The lowest BCUT2D eigenvalue weighted by Gasteiger charge is -2.08. The minimum atomic E-state index is -0.400. The third-order valence-electron chi connectivity index (χ3n) is 2.82. The maximum Gasteiger partial charge on any atom is 0.170 e. The maximum atomic E-state index is 13.2. The molecule has 3 N–H and O–H groups in total. The molecule has 0 radical (unpaired) electrons. The number of rotatable bonds is 5. The average Bonchev–Trinajstić information content (AvgIpc) is 2.49. The largest absolute Gasteiger partial charge is 0.409 e. The SMILES string of the molecule is NC(=NO)c1cc(F)ccc1CSCc1ccccc1. The summed E-state index contributed by atoms with van der Waals surface area (Å²) in [6.07, 6.45) is 0. The van der Waals surface area contributed by atoms with Crippen LogP contribution in [0, 0.1) is 5.82 Å². The minimum absolute atomic E-state index is 0.0696. The van der Waals surface area contributed by atoms with E-state index in [9.17, 15) is 4.39 Å². The molecule has 2 aromatic rings. The Hall–Kier alpha value is -2.01. The van der Waals surface area contributed by atoms with Crippen LogP contribution >= 0.6 is 11.8 Å². The zero-order valence-corrected chi connectivity index (χ0v) is 11.6. The van der Waals surface area contributed by atoms with Crippen molar-refractivity contribution in [2.45, 2.75) is 11.5 Å². The quantitative estimate of drug-likeness (QED) is 0.384. The van der Waals surface area contributed by atoms with Crippen LogP contribution in [-0.4, -0.2) is 11.0 Å². The van der Waals surface area contributed by atoms with Gasteiger partial charge in [0.25, 0.3) is 0 Å². The summed E-state index contributed by atoms with van der Waals surface area (Å²) in [6, 6.07) is 14.4. The van der Waals surface area contributed by atoms with Crippen molar-refractivity contribution in [3.05, 3.63) is 71.0 Å². The van der Waals surface area contributed by atoms with Crippen molar-refractivity contribution in [2.75, 3.05) is 0 Å². The number of amidine groups is 1. The van der Waals surface area contributed by atoms with Crippen LogP contribution < -0.4 is 5.73 Å². The topological polar surface area (TPSA) is 58.6 Å². The first-order valence-corrected chi connectivity index (χ1v) is 7.24. The second-order valence-corrected chi connectivity index (χ2v) is 5.25. The number of nitrogens with two attached hydrogens (primary N) is 1. The molecule has 0 aromatic heterocycles. The molecule has 2 rings (SSSR count). The monoisotopic (exact) mass is 290 g/mol. The van der Waals surface area contributed by atoms with Gasteiger partial charge in [0.15, 0.2) is 5.84 Å². The molecule has 0 aliphatic carbocycles. The van der Waals surface area contributed by atoms with Crippen LogP contribution in [0.1, 0.15) is 16.7 Å². The van der Waals surface area contributed by atoms with Crippen molar-refractivity contribution >= 4 is 17.6 Å². The third kappa shape index (κ3) is 3.74. The molecule has 0 spiro atoms. The van der Waals surface area contributed by atoms with Crippen molar-refractivity contribution in [1.29, 1.82) is 0 Å². The zero-order valence-electron chi connectivity index (χ0n) is 10.8. The number of hydrogen-bond donors (Lipinski definition) is 2. The highest BCUT2D eigenvalue weighted by molar-refractivity contribution is 7.97. The molecule has 0 aliphatic rings. The zero-order chi connectivity index (χ0) is 14.4. The molecule has 0 atom stereocenters. The lowest BCUT2D eigenvalue weighted by molar-refractivity contribution is 0.318. The molecule has 0 unspecified atom stereocenters. The van der Waals surface area contributed by atoms with Crippen molar-refractivity contribution < 1.29 is 9.60 Å². The summed E-state index contributed by atoms with van der Waals surface area (Å²) in [5.41, 5.74) is 8.09. The summed E-state index contributed by atoms with van der Waals surface area (Å²) in [4.78, 5) is 0. The average molecular weight is 290 g/mol. The molecular weight excluding hydrogens is 275 g/mol. The standard InChI is InChI=1S/C15H15FN2OS/c16-13-7-6-12(14(8-13)15(17)18-19)10-20-9-11-4-2-1-3-5-11/h1-8,19H,9-10H2,(H2,17,18). The van der Waals surface area contributed by atoms with Crippen LogP contribution in [0.5, 0.6) is 0 Å². The van der Waals surface area contributed by atoms with E-state index in [1.165, 1.54) is 17.7 Å². The summed E-state index contributed by atoms with van der Waals surface area (Å²) in [7, 11) is 0. The van der Waals surface area contributed by atoms with E-state index in [0.717, 1.165) is 11.3 Å². The van der Waals surface area contributed by atoms with Crippen molar-refractivity contribution in [3.63, 3.8) is 0 Å². The van der Waals surface area contributed by atoms with Gasteiger partial charge in [-0.3, -0.25) is 0 Å². The lowest BCUT2D eigenvalue weighted by Crippen LogP contribution is -2.15. The maximum absolute atomic E-state index is 13.2. The summed E-state index contributed by atoms with van der Waals surface area (Å²) in [6.45, 7) is 0. The second-order valence-electron chi connectivity index (χ2n) is 4.27. The van der Waals surface area contributed by atoms with E-state index >= 15 is 0 Å². The summed E-state index contributed by atoms with van der Waals surface area (Å²) >= 11 is 1.69. The van der Waals surface area contributed by atoms with Gasteiger partial charge in [0.1, 0.15) is 5.82 Å². The van der Waals surface area contributed by atoms with Crippen molar-refractivity contribution in [3.8, 4) is 0 Å². The molecule has 0 heterocycles. The van der Waals surface area contributed by atoms with Gasteiger partial charge in [-0.15, -0.1) is 0 Å². The molecule has 20 heavy (non-hydrogen) atoms. The van der Waals surface area contributed by atoms with Gasteiger partial charge in [-0.1, -0.05) is 41.6 Å². The van der Waals surface area contributed by atoms with E-state index in [-0.39, 0.29) is 5.84 Å². The first-order valence-electron chi connectivity index (χ1n) is 6.08. The van der Waals surface area contributed by atoms with Gasteiger partial charge in [-0.25, -0.2) is 4.39 Å². The molecule has 0 saturated heterocycles. The second kappa shape index (κ2) is 6.96. The van der Waals surface area contributed by atoms with Crippen LogP contribution in [-0.2, 0) is 11.5 Å². The smallest absolute Gasteiger partial charge is 0.170 e. The first kappa shape index (κ1) is 14.4. The van der Waals surface area contributed by atoms with Crippen LogP contribution in [0.15, 0.2) is 53.7 Å². The fraction of sp³-hybridized carbons (Fsp3) is 0.133. The normalized spacial score (nSPS) is 11.6. The van der Waals surface area contributed by atoms with Gasteiger partial charge >= 0.3 is 0 Å². The van der Waals surface area contributed by atoms with E-state index in [0.29, 0.717) is 11.3 Å². The third-order valence-corrected chi connectivity index (χ3v) is 3.88. The highest BCUT2D eigenvalue weighted by Crippen LogP contribution is 2.21. The van der Waals surface area contributed by atoms with Gasteiger partial charge in [0.05, 0.1) is 0 Å². The molecule has 0 aliphatic heterocycles. The molecule has 2 aromatic carbocycles. The number of nitrogens with zero attached hydrogens (tertiary/aromatic N) is 1. The summed E-state index contributed by atoms with van der Waals surface area (Å²) in [5.74, 6) is 1.05. The Morgan fingerprint density at radius 1 is 1.15 bits per heavy atom. The van der Waals surface area contributed by atoms with Crippen molar-refractivity contribution in [1.82, 2.24) is 0 Å². The van der Waals surface area contributed by atoms with Crippen LogP contribution in [0.4, 0.5) is 4.39 Å². The van der Waals surface area contributed by atoms with E-state index in [1.54, 1.807) is 17.8 Å². The Morgan fingerprint density at radius 3 is 2.60 bits per heavy atom. The Balaban J connectivity index is 2.06. The molecule has 0 bridgehead atoms. The lowest BCUT2D eigenvalue weighted by atomic mass is 10.1. The van der Waals surface area contributed by atoms with Gasteiger partial charge in [-0.05, 0) is 23.3 Å². The molecule has 0 saturated carbocycles. The van der Waals surface area contributed by atoms with E-state index in [1.807, 2.05) is 18.2 Å². The number of hydrogen-bond acceptors (Lipinski definition) is 3. The molecule has 0 amide bonds. The summed E-state index contributed by atoms with van der Waals surface area (Å²) < 4.78 is 13.2. The number of thioether (sulfide) groups is 1. The molecule has 5 heteroatoms. The Bertz CT molecular complexity index is 602. The number of oxime groups is 1. The molecule has 0 fully saturated rings. The van der Waals surface area contributed by atoms with Crippen LogP contribution in [0.3, 0.4) is 0 Å². The minimum Gasteiger partial charge on any atom is -0.409 e. The summed E-state index contributed by atoms with van der Waals surface area (Å²) in [5, 5.41) is 11.7. The Morgan fingerprint density at radius 2 is 1.90 bits per heavy atom.